The van der Waals surface area contributed by atoms with E-state index in [1.54, 1.807) is 0 Å². The fourth-order valence-corrected chi connectivity index (χ4v) is 3.21. The van der Waals surface area contributed by atoms with Crippen molar-refractivity contribution in [1.82, 2.24) is 0 Å². The highest BCUT2D eigenvalue weighted by molar-refractivity contribution is 5.97. The molecular formula is C26H28. The Morgan fingerprint density at radius 3 is 1.92 bits per heavy atom. The largest absolute Gasteiger partial charge is 0.0776 e. The molecule has 0 N–H and O–H groups in total. The highest BCUT2D eigenvalue weighted by atomic mass is 14.1. The second kappa shape index (κ2) is 9.01. The smallest absolute Gasteiger partial charge is 0.0105 e. The molecule has 0 heteroatoms. The molecule has 0 aliphatic rings. The molecule has 4 aromatic carbocycles. The van der Waals surface area contributed by atoms with Gasteiger partial charge in [-0.25, -0.2) is 0 Å². The maximum atomic E-state index is 2.30. The number of hydrogen-bond donors (Lipinski definition) is 0. The lowest BCUT2D eigenvalue weighted by Crippen LogP contribution is -1.86. The topological polar surface area (TPSA) is 0 Å². The van der Waals surface area contributed by atoms with Crippen LogP contribution in [0.15, 0.2) is 91.0 Å². The first-order valence-electron chi connectivity index (χ1n) is 8.96. The molecule has 0 heterocycles. The van der Waals surface area contributed by atoms with Gasteiger partial charge in [-0.15, -0.1) is 0 Å². The van der Waals surface area contributed by atoms with E-state index in [0.717, 1.165) is 0 Å². The number of fused-ring (bicyclic) bond motifs is 1. The Labute approximate surface area is 158 Å². The Bertz CT molecular complexity index is 960. The van der Waals surface area contributed by atoms with E-state index in [0.29, 0.717) is 0 Å². The van der Waals surface area contributed by atoms with Crippen molar-refractivity contribution in [2.24, 2.45) is 0 Å². The Morgan fingerprint density at radius 2 is 1.15 bits per heavy atom. The van der Waals surface area contributed by atoms with Crippen molar-refractivity contribution >= 4 is 10.8 Å². The molecule has 0 fully saturated rings. The maximum absolute atomic E-state index is 2.30. The van der Waals surface area contributed by atoms with Gasteiger partial charge in [0.25, 0.3) is 0 Å². The SMILES string of the molecule is C.CC.Cc1cc(-c2ccccc2)cc(-c2cccc3ccccc23)c1. The quantitative estimate of drug-likeness (QED) is 0.345. The lowest BCUT2D eigenvalue weighted by atomic mass is 9.93. The third-order valence-corrected chi connectivity index (χ3v) is 4.29. The lowest BCUT2D eigenvalue weighted by Gasteiger charge is -2.11. The summed E-state index contributed by atoms with van der Waals surface area (Å²) in [5.74, 6) is 0. The fraction of sp³-hybridized carbons (Fsp3) is 0.154. The first kappa shape index (κ1) is 19.5. The number of benzene rings is 4. The van der Waals surface area contributed by atoms with Crippen molar-refractivity contribution < 1.29 is 0 Å². The van der Waals surface area contributed by atoms with Gasteiger partial charge in [-0.2, -0.15) is 0 Å². The van der Waals surface area contributed by atoms with Crippen molar-refractivity contribution in [2.45, 2.75) is 28.2 Å². The average Bonchev–Trinajstić information content (AvgIpc) is 2.69. The Hall–Kier alpha value is -2.86. The van der Waals surface area contributed by atoms with Crippen LogP contribution in [-0.2, 0) is 0 Å². The summed E-state index contributed by atoms with van der Waals surface area (Å²) >= 11 is 0. The van der Waals surface area contributed by atoms with Gasteiger partial charge in [-0.1, -0.05) is 106 Å². The van der Waals surface area contributed by atoms with Crippen LogP contribution in [0, 0.1) is 6.92 Å². The van der Waals surface area contributed by atoms with Gasteiger partial charge in [0.15, 0.2) is 0 Å². The van der Waals surface area contributed by atoms with E-state index in [1.807, 2.05) is 13.8 Å². The summed E-state index contributed by atoms with van der Waals surface area (Å²) < 4.78 is 0. The van der Waals surface area contributed by atoms with Crippen LogP contribution in [0.2, 0.25) is 0 Å². The van der Waals surface area contributed by atoms with Gasteiger partial charge in [-0.3, -0.25) is 0 Å². The molecule has 0 aliphatic carbocycles. The molecule has 0 saturated carbocycles. The van der Waals surface area contributed by atoms with E-state index >= 15 is 0 Å². The third-order valence-electron chi connectivity index (χ3n) is 4.29. The summed E-state index contributed by atoms with van der Waals surface area (Å²) in [5, 5.41) is 2.59. The summed E-state index contributed by atoms with van der Waals surface area (Å²) in [4.78, 5) is 0. The Balaban J connectivity index is 0.000000784. The summed E-state index contributed by atoms with van der Waals surface area (Å²) in [6.45, 7) is 6.17. The average molecular weight is 341 g/mol. The zero-order valence-corrected chi connectivity index (χ0v) is 15.2. The molecule has 0 aromatic heterocycles. The van der Waals surface area contributed by atoms with Gasteiger partial charge < -0.3 is 0 Å². The molecule has 0 spiro atoms. The highest BCUT2D eigenvalue weighted by Gasteiger charge is 2.06. The van der Waals surface area contributed by atoms with Crippen LogP contribution in [0.25, 0.3) is 33.0 Å². The van der Waals surface area contributed by atoms with E-state index in [-0.39, 0.29) is 7.43 Å². The number of aryl methyl sites for hydroxylation is 1. The lowest BCUT2D eigenvalue weighted by molar-refractivity contribution is 1.46. The van der Waals surface area contributed by atoms with E-state index in [9.17, 15) is 0 Å². The van der Waals surface area contributed by atoms with E-state index in [2.05, 4.69) is 97.9 Å². The molecular weight excluding hydrogens is 312 g/mol. The van der Waals surface area contributed by atoms with E-state index in [1.165, 1.54) is 38.6 Å². The van der Waals surface area contributed by atoms with Crippen LogP contribution < -0.4 is 0 Å². The van der Waals surface area contributed by atoms with Gasteiger partial charge in [0.05, 0.1) is 0 Å². The van der Waals surface area contributed by atoms with Crippen LogP contribution >= 0.6 is 0 Å². The summed E-state index contributed by atoms with van der Waals surface area (Å²) in [6.07, 6.45) is 0. The fourth-order valence-electron chi connectivity index (χ4n) is 3.21. The Morgan fingerprint density at radius 1 is 0.538 bits per heavy atom. The molecule has 0 amide bonds. The normalized spacial score (nSPS) is 9.81. The molecule has 0 aliphatic heterocycles. The molecule has 0 atom stereocenters. The number of rotatable bonds is 2. The van der Waals surface area contributed by atoms with E-state index < -0.39 is 0 Å². The highest BCUT2D eigenvalue weighted by Crippen LogP contribution is 2.32. The molecule has 0 radical (unpaired) electrons. The first-order chi connectivity index (χ1) is 12.3. The molecule has 0 unspecified atom stereocenters. The van der Waals surface area contributed by atoms with Crippen LogP contribution in [0.5, 0.6) is 0 Å². The van der Waals surface area contributed by atoms with Crippen molar-refractivity contribution in [3.63, 3.8) is 0 Å². The molecule has 0 nitrogen and oxygen atoms in total. The Kier molecular flexibility index (Phi) is 6.74. The van der Waals surface area contributed by atoms with Crippen LogP contribution in [0.1, 0.15) is 26.8 Å². The minimum atomic E-state index is 0. The summed E-state index contributed by atoms with van der Waals surface area (Å²) in [5.41, 5.74) is 6.39. The zero-order chi connectivity index (χ0) is 17.6. The van der Waals surface area contributed by atoms with Gasteiger partial charge in [0.2, 0.25) is 0 Å². The maximum Gasteiger partial charge on any atom is -0.0105 e. The van der Waals surface area contributed by atoms with Crippen molar-refractivity contribution in [3.8, 4) is 22.3 Å². The second-order valence-corrected chi connectivity index (χ2v) is 5.98. The van der Waals surface area contributed by atoms with Crippen LogP contribution in [0.3, 0.4) is 0 Å². The van der Waals surface area contributed by atoms with Gasteiger partial charge in [0, 0.05) is 0 Å². The van der Waals surface area contributed by atoms with Crippen molar-refractivity contribution in [1.29, 1.82) is 0 Å². The minimum Gasteiger partial charge on any atom is -0.0776 e. The second-order valence-electron chi connectivity index (χ2n) is 5.98. The van der Waals surface area contributed by atoms with Crippen LogP contribution in [0.4, 0.5) is 0 Å². The van der Waals surface area contributed by atoms with Gasteiger partial charge >= 0.3 is 0 Å². The predicted molar refractivity (Wildman–Crippen MR) is 118 cm³/mol. The van der Waals surface area contributed by atoms with Crippen molar-refractivity contribution in [2.75, 3.05) is 0 Å². The first-order valence-corrected chi connectivity index (χ1v) is 8.96. The predicted octanol–water partition coefficient (Wildman–Crippen LogP) is 8.14. The van der Waals surface area contributed by atoms with Crippen molar-refractivity contribution in [3.05, 3.63) is 96.6 Å². The molecule has 4 rings (SSSR count). The van der Waals surface area contributed by atoms with Gasteiger partial charge in [-0.05, 0) is 51.6 Å². The zero-order valence-electron chi connectivity index (χ0n) is 15.2. The third kappa shape index (κ3) is 4.03. The molecule has 4 aromatic rings. The van der Waals surface area contributed by atoms with Crippen LogP contribution in [-0.4, -0.2) is 0 Å². The number of hydrogen-bond acceptors (Lipinski definition) is 0. The molecule has 0 bridgehead atoms. The molecule has 0 saturated heterocycles. The molecule has 132 valence electrons. The van der Waals surface area contributed by atoms with Gasteiger partial charge in [0.1, 0.15) is 0 Å². The summed E-state index contributed by atoms with van der Waals surface area (Å²) in [6, 6.07) is 32.5. The minimum absolute atomic E-state index is 0. The van der Waals surface area contributed by atoms with E-state index in [4.69, 9.17) is 0 Å². The molecule has 26 heavy (non-hydrogen) atoms. The summed E-state index contributed by atoms with van der Waals surface area (Å²) in [7, 11) is 0. The standard InChI is InChI=1S/C23H18.C2H6.CH4/c1-17-14-20(18-8-3-2-4-9-18)16-21(15-17)23-13-7-11-19-10-5-6-12-22(19)23;1-2;/h2-16H,1H3;1-2H3;1H4. The monoisotopic (exact) mass is 340 g/mol.